The van der Waals surface area contributed by atoms with Gasteiger partial charge in [-0.2, -0.15) is 0 Å². The number of piperidine rings is 1. The lowest BCUT2D eigenvalue weighted by molar-refractivity contribution is -0.0319. The molecule has 1 heterocycles. The average Bonchev–Trinajstić information content (AvgIpc) is 2.88. The van der Waals surface area contributed by atoms with Gasteiger partial charge in [-0.3, -0.25) is 0 Å². The van der Waals surface area contributed by atoms with Crippen LogP contribution in [-0.2, 0) is 0 Å². The summed E-state index contributed by atoms with van der Waals surface area (Å²) in [6.07, 6.45) is -0.779. The Labute approximate surface area is 195 Å². The molecule has 0 aliphatic carbocycles. The maximum absolute atomic E-state index is 6.53. The van der Waals surface area contributed by atoms with Gasteiger partial charge in [-0.15, -0.1) is 0 Å². The van der Waals surface area contributed by atoms with Crippen molar-refractivity contribution in [3.8, 4) is 17.2 Å². The summed E-state index contributed by atoms with van der Waals surface area (Å²) < 4.78 is 19.6. The van der Waals surface area contributed by atoms with Crippen LogP contribution in [0, 0.1) is 0 Å². The molecule has 33 heavy (non-hydrogen) atoms. The van der Waals surface area contributed by atoms with Gasteiger partial charge >= 0.3 is 0 Å². The van der Waals surface area contributed by atoms with Crippen LogP contribution in [0.5, 0.6) is 17.2 Å². The molecule has 0 radical (unpaired) electrons. The Bertz CT molecular complexity index is 1060. The summed E-state index contributed by atoms with van der Waals surface area (Å²) in [5.74, 6) is 2.44. The van der Waals surface area contributed by atoms with E-state index in [-0.39, 0.29) is 18.3 Å². The minimum Gasteiger partial charge on any atom is -0.485 e. The second-order valence-electron chi connectivity index (χ2n) is 8.07. The van der Waals surface area contributed by atoms with Crippen LogP contribution in [0.4, 0.5) is 5.69 Å². The number of para-hydroxylation sites is 4. The van der Waals surface area contributed by atoms with Gasteiger partial charge in [-0.25, -0.2) is 0 Å². The number of hydrogen-bond donors (Lipinski definition) is 0. The van der Waals surface area contributed by atoms with Gasteiger partial charge in [0.1, 0.15) is 17.2 Å². The maximum atomic E-state index is 6.53. The minimum absolute atomic E-state index is 0.240. The normalized spacial score (nSPS) is 20.1. The molecule has 1 aliphatic heterocycles. The van der Waals surface area contributed by atoms with Crippen LogP contribution >= 0.6 is 0 Å². The molecule has 0 bridgehead atoms. The molecule has 166 valence electrons. The highest BCUT2D eigenvalue weighted by atomic mass is 16.6. The Morgan fingerprint density at radius 1 is 0.455 bits per heavy atom. The van der Waals surface area contributed by atoms with E-state index in [1.807, 2.05) is 97.1 Å². The lowest BCUT2D eigenvalue weighted by Gasteiger charge is -2.44. The zero-order valence-corrected chi connectivity index (χ0v) is 18.4. The Kier molecular flexibility index (Phi) is 6.43. The third-order valence-electron chi connectivity index (χ3n) is 5.73. The summed E-state index contributed by atoms with van der Waals surface area (Å²) in [5, 5.41) is 0. The fourth-order valence-corrected chi connectivity index (χ4v) is 4.17. The van der Waals surface area contributed by atoms with Crippen molar-refractivity contribution in [3.05, 3.63) is 121 Å². The zero-order chi connectivity index (χ0) is 22.3. The summed E-state index contributed by atoms with van der Waals surface area (Å²) >= 11 is 0. The predicted octanol–water partition coefficient (Wildman–Crippen LogP) is 5.85. The number of hydrogen-bond acceptors (Lipinski definition) is 4. The molecule has 0 amide bonds. The van der Waals surface area contributed by atoms with Crippen LogP contribution in [0.2, 0.25) is 0 Å². The minimum atomic E-state index is -0.298. The summed E-state index contributed by atoms with van der Waals surface area (Å²) in [4.78, 5) is 2.31. The molecule has 1 saturated heterocycles. The maximum Gasteiger partial charge on any atom is 0.175 e. The summed E-state index contributed by atoms with van der Waals surface area (Å²) in [6.45, 7) is 1.37. The zero-order valence-electron chi connectivity index (χ0n) is 18.4. The van der Waals surface area contributed by atoms with Gasteiger partial charge in [0.05, 0.1) is 13.1 Å². The van der Waals surface area contributed by atoms with Gasteiger partial charge in [0.25, 0.3) is 0 Å². The fourth-order valence-electron chi connectivity index (χ4n) is 4.17. The second kappa shape index (κ2) is 10.1. The highest BCUT2D eigenvalue weighted by Gasteiger charge is 2.42. The number of benzene rings is 4. The molecule has 1 fully saturated rings. The molecular formula is C29H27NO3. The monoisotopic (exact) mass is 437 g/mol. The first-order chi connectivity index (χ1) is 16.3. The highest BCUT2D eigenvalue weighted by molar-refractivity contribution is 5.47. The van der Waals surface area contributed by atoms with Crippen LogP contribution < -0.4 is 19.1 Å². The van der Waals surface area contributed by atoms with E-state index in [9.17, 15) is 0 Å². The van der Waals surface area contributed by atoms with Gasteiger partial charge in [0.15, 0.2) is 18.3 Å². The van der Waals surface area contributed by atoms with Gasteiger partial charge in [-0.1, -0.05) is 72.8 Å². The van der Waals surface area contributed by atoms with E-state index in [0.29, 0.717) is 13.1 Å². The first kappa shape index (κ1) is 21.0. The van der Waals surface area contributed by atoms with E-state index in [1.54, 1.807) is 0 Å². The van der Waals surface area contributed by atoms with Crippen molar-refractivity contribution in [1.82, 2.24) is 0 Å². The Hall–Kier alpha value is -3.92. The molecule has 4 aromatic rings. The van der Waals surface area contributed by atoms with Crippen LogP contribution in [0.15, 0.2) is 121 Å². The fraction of sp³-hybridized carbons (Fsp3) is 0.172. The Morgan fingerprint density at radius 3 is 1.24 bits per heavy atom. The SMILES string of the molecule is c1ccc(OC2CN(c3ccccc3)CC(Oc3ccccc3)C2Oc2ccccc2)cc1. The quantitative estimate of drug-likeness (QED) is 0.363. The van der Waals surface area contributed by atoms with E-state index in [2.05, 4.69) is 29.2 Å². The molecule has 5 rings (SSSR count). The molecule has 1 aliphatic rings. The lowest BCUT2D eigenvalue weighted by Crippen LogP contribution is -2.61. The Balaban J connectivity index is 1.49. The molecule has 2 atom stereocenters. The van der Waals surface area contributed by atoms with Crippen molar-refractivity contribution >= 4 is 5.69 Å². The predicted molar refractivity (Wildman–Crippen MR) is 131 cm³/mol. The van der Waals surface area contributed by atoms with Crippen LogP contribution in [0.1, 0.15) is 0 Å². The number of rotatable bonds is 7. The highest BCUT2D eigenvalue weighted by Crippen LogP contribution is 2.29. The second-order valence-corrected chi connectivity index (χ2v) is 8.07. The van der Waals surface area contributed by atoms with Gasteiger partial charge in [0, 0.05) is 5.69 Å². The molecule has 4 nitrogen and oxygen atoms in total. The van der Waals surface area contributed by atoms with Gasteiger partial charge in [-0.05, 0) is 48.5 Å². The smallest absolute Gasteiger partial charge is 0.175 e. The Morgan fingerprint density at radius 2 is 0.818 bits per heavy atom. The number of anilines is 1. The molecule has 4 aromatic carbocycles. The van der Waals surface area contributed by atoms with Crippen molar-refractivity contribution < 1.29 is 14.2 Å². The first-order valence-electron chi connectivity index (χ1n) is 11.3. The summed E-state index contributed by atoms with van der Waals surface area (Å²) in [6, 6.07) is 40.1. The van der Waals surface area contributed by atoms with Crippen molar-refractivity contribution in [3.63, 3.8) is 0 Å². The van der Waals surface area contributed by atoms with Crippen molar-refractivity contribution in [1.29, 1.82) is 0 Å². The molecule has 0 N–H and O–H groups in total. The van der Waals surface area contributed by atoms with Gasteiger partial charge < -0.3 is 19.1 Å². The van der Waals surface area contributed by atoms with E-state index in [0.717, 1.165) is 22.9 Å². The summed E-state index contributed by atoms with van der Waals surface area (Å²) in [7, 11) is 0. The van der Waals surface area contributed by atoms with Crippen molar-refractivity contribution in [2.45, 2.75) is 18.3 Å². The van der Waals surface area contributed by atoms with Crippen molar-refractivity contribution in [2.75, 3.05) is 18.0 Å². The molecule has 4 heteroatoms. The van der Waals surface area contributed by atoms with E-state index < -0.39 is 0 Å². The largest absolute Gasteiger partial charge is 0.485 e. The third kappa shape index (κ3) is 5.29. The number of nitrogens with zero attached hydrogens (tertiary/aromatic N) is 1. The first-order valence-corrected chi connectivity index (χ1v) is 11.3. The van der Waals surface area contributed by atoms with Crippen LogP contribution in [-0.4, -0.2) is 31.4 Å². The molecule has 2 unspecified atom stereocenters. The van der Waals surface area contributed by atoms with E-state index >= 15 is 0 Å². The van der Waals surface area contributed by atoms with E-state index in [4.69, 9.17) is 14.2 Å². The molecule has 0 saturated carbocycles. The van der Waals surface area contributed by atoms with Crippen LogP contribution in [0.3, 0.4) is 0 Å². The molecular weight excluding hydrogens is 410 g/mol. The third-order valence-corrected chi connectivity index (χ3v) is 5.73. The van der Waals surface area contributed by atoms with Crippen molar-refractivity contribution in [2.24, 2.45) is 0 Å². The average molecular weight is 438 g/mol. The molecule has 0 aromatic heterocycles. The summed E-state index contributed by atoms with van der Waals surface area (Å²) in [5.41, 5.74) is 1.14. The van der Waals surface area contributed by atoms with E-state index in [1.165, 1.54) is 0 Å². The topological polar surface area (TPSA) is 30.9 Å². The number of ether oxygens (including phenoxy) is 3. The molecule has 0 spiro atoms. The van der Waals surface area contributed by atoms with Gasteiger partial charge in [0.2, 0.25) is 0 Å². The lowest BCUT2D eigenvalue weighted by atomic mass is 10.00. The van der Waals surface area contributed by atoms with Crippen LogP contribution in [0.25, 0.3) is 0 Å². The standard InChI is InChI=1S/C29H27NO3/c1-5-13-23(14-6-1)30-21-27(31-24-15-7-2-8-16-24)29(33-26-19-11-4-12-20-26)28(22-30)32-25-17-9-3-10-18-25/h1-20,27-29H,21-22H2.